The number of hydrogen-bond acceptors (Lipinski definition) is 3. The molecule has 4 nitrogen and oxygen atoms in total. The SMILES string of the molecule is CN1CCC(Nc2ccc(=O)n(C)c2)C1. The molecule has 1 N–H and O–H groups in total. The van der Waals surface area contributed by atoms with Gasteiger partial charge in [-0.15, -0.1) is 0 Å². The number of aromatic nitrogens is 1. The summed E-state index contributed by atoms with van der Waals surface area (Å²) >= 11 is 0. The first-order valence-electron chi connectivity index (χ1n) is 5.27. The maximum atomic E-state index is 11.2. The van der Waals surface area contributed by atoms with Crippen molar-refractivity contribution >= 4 is 5.69 Å². The van der Waals surface area contributed by atoms with Crippen molar-refractivity contribution in [2.75, 3.05) is 25.5 Å². The minimum Gasteiger partial charge on any atom is -0.380 e. The zero-order valence-electron chi connectivity index (χ0n) is 9.23. The second kappa shape index (κ2) is 4.06. The van der Waals surface area contributed by atoms with Crippen molar-refractivity contribution in [2.24, 2.45) is 7.05 Å². The maximum absolute atomic E-state index is 11.2. The fraction of sp³-hybridized carbons (Fsp3) is 0.545. The minimum absolute atomic E-state index is 0.0316. The smallest absolute Gasteiger partial charge is 0.250 e. The first kappa shape index (κ1) is 10.2. The average Bonchev–Trinajstić information content (AvgIpc) is 2.58. The second-order valence-electron chi connectivity index (χ2n) is 4.26. The Kier molecular flexibility index (Phi) is 2.77. The Labute approximate surface area is 89.5 Å². The highest BCUT2D eigenvalue weighted by Crippen LogP contribution is 2.12. The molecule has 0 aliphatic carbocycles. The first-order valence-corrected chi connectivity index (χ1v) is 5.27. The summed E-state index contributed by atoms with van der Waals surface area (Å²) in [5.74, 6) is 0. The van der Waals surface area contributed by atoms with E-state index in [1.807, 2.05) is 12.3 Å². The predicted molar refractivity (Wildman–Crippen MR) is 61.2 cm³/mol. The van der Waals surface area contributed by atoms with E-state index in [1.165, 1.54) is 6.42 Å². The largest absolute Gasteiger partial charge is 0.380 e. The number of pyridine rings is 1. The molecule has 82 valence electrons. The molecule has 0 aromatic carbocycles. The molecule has 1 aliphatic heterocycles. The Morgan fingerprint density at radius 2 is 2.20 bits per heavy atom. The van der Waals surface area contributed by atoms with E-state index in [9.17, 15) is 4.79 Å². The van der Waals surface area contributed by atoms with Crippen LogP contribution in [0.15, 0.2) is 23.1 Å². The molecule has 0 saturated carbocycles. The summed E-state index contributed by atoms with van der Waals surface area (Å²) in [6.45, 7) is 2.21. The molecular formula is C11H17N3O. The van der Waals surface area contributed by atoms with E-state index in [1.54, 1.807) is 17.7 Å². The molecule has 4 heteroatoms. The molecule has 2 heterocycles. The number of rotatable bonds is 2. The summed E-state index contributed by atoms with van der Waals surface area (Å²) in [4.78, 5) is 13.5. The topological polar surface area (TPSA) is 37.3 Å². The standard InChI is InChI=1S/C11H17N3O/c1-13-6-5-10(7-13)12-9-3-4-11(15)14(2)8-9/h3-4,8,10,12H,5-7H2,1-2H3. The number of likely N-dealkylation sites (N-methyl/N-ethyl adjacent to an activating group) is 1. The zero-order chi connectivity index (χ0) is 10.8. The molecule has 1 unspecified atom stereocenters. The lowest BCUT2D eigenvalue weighted by atomic mass is 10.2. The third kappa shape index (κ3) is 2.39. The Balaban J connectivity index is 2.05. The van der Waals surface area contributed by atoms with E-state index >= 15 is 0 Å². The van der Waals surface area contributed by atoms with E-state index in [0.29, 0.717) is 6.04 Å². The summed E-state index contributed by atoms with van der Waals surface area (Å²) in [5.41, 5.74) is 1.06. The van der Waals surface area contributed by atoms with Gasteiger partial charge in [-0.1, -0.05) is 0 Å². The molecular weight excluding hydrogens is 190 g/mol. The van der Waals surface area contributed by atoms with Crippen molar-refractivity contribution in [3.05, 3.63) is 28.7 Å². The third-order valence-electron chi connectivity index (χ3n) is 2.85. The van der Waals surface area contributed by atoms with Gasteiger partial charge in [0.2, 0.25) is 5.56 Å². The quantitative estimate of drug-likeness (QED) is 0.767. The lowest BCUT2D eigenvalue weighted by molar-refractivity contribution is 0.414. The van der Waals surface area contributed by atoms with Crippen LogP contribution in [-0.2, 0) is 7.05 Å². The van der Waals surface area contributed by atoms with Crippen LogP contribution >= 0.6 is 0 Å². The van der Waals surface area contributed by atoms with Gasteiger partial charge in [-0.3, -0.25) is 4.79 Å². The van der Waals surface area contributed by atoms with E-state index in [4.69, 9.17) is 0 Å². The predicted octanol–water partition coefficient (Wildman–Crippen LogP) is 0.501. The van der Waals surface area contributed by atoms with Crippen molar-refractivity contribution < 1.29 is 0 Å². The Morgan fingerprint density at radius 1 is 1.40 bits per heavy atom. The number of nitrogens with one attached hydrogen (secondary N) is 1. The summed E-state index contributed by atoms with van der Waals surface area (Å²) < 4.78 is 1.60. The van der Waals surface area contributed by atoms with E-state index in [-0.39, 0.29) is 5.56 Å². The normalized spacial score (nSPS) is 21.9. The first-order chi connectivity index (χ1) is 7.15. The molecule has 1 saturated heterocycles. The molecule has 1 aromatic rings. The number of anilines is 1. The van der Waals surface area contributed by atoms with Gasteiger partial charge in [0.25, 0.3) is 0 Å². The monoisotopic (exact) mass is 207 g/mol. The van der Waals surface area contributed by atoms with E-state index < -0.39 is 0 Å². The van der Waals surface area contributed by atoms with Gasteiger partial charge in [-0.25, -0.2) is 0 Å². The van der Waals surface area contributed by atoms with Crippen LogP contribution in [0.2, 0.25) is 0 Å². The molecule has 0 bridgehead atoms. The van der Waals surface area contributed by atoms with Crippen LogP contribution in [0.4, 0.5) is 5.69 Å². The average molecular weight is 207 g/mol. The Morgan fingerprint density at radius 3 is 2.80 bits per heavy atom. The van der Waals surface area contributed by atoms with Crippen LogP contribution in [0.1, 0.15) is 6.42 Å². The van der Waals surface area contributed by atoms with Crippen LogP contribution in [0, 0.1) is 0 Å². The van der Waals surface area contributed by atoms with Gasteiger partial charge in [0.05, 0.1) is 5.69 Å². The van der Waals surface area contributed by atoms with Gasteiger partial charge in [-0.05, 0) is 26.1 Å². The molecule has 1 fully saturated rings. The highest BCUT2D eigenvalue weighted by molar-refractivity contribution is 5.41. The summed E-state index contributed by atoms with van der Waals surface area (Å²) in [7, 11) is 3.90. The van der Waals surface area contributed by atoms with E-state index in [0.717, 1.165) is 18.8 Å². The molecule has 1 atom stereocenters. The summed E-state index contributed by atoms with van der Waals surface area (Å²) in [5, 5.41) is 3.44. The Bertz CT molecular complexity index is 399. The van der Waals surface area contributed by atoms with E-state index in [2.05, 4.69) is 17.3 Å². The lowest BCUT2D eigenvalue weighted by Crippen LogP contribution is -2.24. The molecule has 1 aliphatic rings. The van der Waals surface area contributed by atoms with Crippen LogP contribution in [-0.4, -0.2) is 35.6 Å². The number of likely N-dealkylation sites (tertiary alicyclic amines) is 1. The van der Waals surface area contributed by atoms with Gasteiger partial charge in [0.15, 0.2) is 0 Å². The number of hydrogen-bond donors (Lipinski definition) is 1. The highest BCUT2D eigenvalue weighted by atomic mass is 16.1. The fourth-order valence-electron chi connectivity index (χ4n) is 1.97. The number of aryl methyl sites for hydroxylation is 1. The summed E-state index contributed by atoms with van der Waals surface area (Å²) in [6.07, 6.45) is 3.01. The van der Waals surface area contributed by atoms with Crippen molar-refractivity contribution in [2.45, 2.75) is 12.5 Å². The van der Waals surface area contributed by atoms with Gasteiger partial charge >= 0.3 is 0 Å². The molecule has 0 spiro atoms. The van der Waals surface area contributed by atoms with Crippen LogP contribution in [0.5, 0.6) is 0 Å². The molecule has 15 heavy (non-hydrogen) atoms. The third-order valence-corrected chi connectivity index (χ3v) is 2.85. The van der Waals surface area contributed by atoms with Gasteiger partial charge in [-0.2, -0.15) is 0 Å². The van der Waals surface area contributed by atoms with Crippen molar-refractivity contribution in [1.82, 2.24) is 9.47 Å². The summed E-state index contributed by atoms with van der Waals surface area (Å²) in [6, 6.07) is 3.95. The fourth-order valence-corrected chi connectivity index (χ4v) is 1.97. The molecule has 0 amide bonds. The zero-order valence-corrected chi connectivity index (χ0v) is 9.23. The lowest BCUT2D eigenvalue weighted by Gasteiger charge is -2.14. The van der Waals surface area contributed by atoms with Crippen LogP contribution in [0.25, 0.3) is 0 Å². The maximum Gasteiger partial charge on any atom is 0.250 e. The molecule has 0 radical (unpaired) electrons. The molecule has 1 aromatic heterocycles. The van der Waals surface area contributed by atoms with Gasteiger partial charge in [0, 0.05) is 31.9 Å². The second-order valence-corrected chi connectivity index (χ2v) is 4.26. The van der Waals surface area contributed by atoms with Crippen LogP contribution < -0.4 is 10.9 Å². The van der Waals surface area contributed by atoms with Gasteiger partial charge in [0.1, 0.15) is 0 Å². The van der Waals surface area contributed by atoms with Crippen molar-refractivity contribution in [3.8, 4) is 0 Å². The number of nitrogens with zero attached hydrogens (tertiary/aromatic N) is 2. The van der Waals surface area contributed by atoms with Crippen molar-refractivity contribution in [1.29, 1.82) is 0 Å². The highest BCUT2D eigenvalue weighted by Gasteiger charge is 2.18. The van der Waals surface area contributed by atoms with Crippen molar-refractivity contribution in [3.63, 3.8) is 0 Å². The Hall–Kier alpha value is -1.29. The minimum atomic E-state index is 0.0316. The molecule has 2 rings (SSSR count). The van der Waals surface area contributed by atoms with Gasteiger partial charge < -0.3 is 14.8 Å². The van der Waals surface area contributed by atoms with Crippen LogP contribution in [0.3, 0.4) is 0 Å².